The second-order valence-corrected chi connectivity index (χ2v) is 3.48. The Morgan fingerprint density at radius 2 is 2.33 bits per heavy atom. The van der Waals surface area contributed by atoms with Gasteiger partial charge in [0, 0.05) is 0 Å². The van der Waals surface area contributed by atoms with Crippen molar-refractivity contribution in [2.75, 3.05) is 13.2 Å². The van der Waals surface area contributed by atoms with Crippen molar-refractivity contribution in [2.45, 2.75) is 26.4 Å². The van der Waals surface area contributed by atoms with Crippen LogP contribution in [0.1, 0.15) is 20.3 Å². The minimum absolute atomic E-state index is 0.0972. The van der Waals surface area contributed by atoms with Crippen molar-refractivity contribution in [3.05, 3.63) is 0 Å². The average molecular weight is 130 g/mol. The standard InChI is InChI=1S/C7H14O2/c1-7(2)3-6(4-8)9-5-7/h6,8H,3-5H2,1-2H3. The molecular weight excluding hydrogens is 116 g/mol. The van der Waals surface area contributed by atoms with Crippen LogP contribution in [0.5, 0.6) is 0 Å². The molecule has 0 bridgehead atoms. The minimum atomic E-state index is 0.0972. The Hall–Kier alpha value is -0.0800. The highest BCUT2D eigenvalue weighted by Crippen LogP contribution is 2.30. The molecule has 9 heavy (non-hydrogen) atoms. The molecule has 2 heteroatoms. The molecule has 1 aliphatic heterocycles. The first-order valence-electron chi connectivity index (χ1n) is 3.36. The summed E-state index contributed by atoms with van der Waals surface area (Å²) >= 11 is 0. The monoisotopic (exact) mass is 130 g/mol. The van der Waals surface area contributed by atoms with Gasteiger partial charge < -0.3 is 9.84 Å². The van der Waals surface area contributed by atoms with Crippen LogP contribution in [0.4, 0.5) is 0 Å². The van der Waals surface area contributed by atoms with Crippen LogP contribution < -0.4 is 0 Å². The Bertz CT molecular complexity index is 99.1. The van der Waals surface area contributed by atoms with Crippen molar-refractivity contribution in [1.82, 2.24) is 0 Å². The maximum absolute atomic E-state index is 8.67. The second-order valence-electron chi connectivity index (χ2n) is 3.48. The van der Waals surface area contributed by atoms with E-state index in [0.717, 1.165) is 13.0 Å². The molecule has 0 radical (unpaired) electrons. The summed E-state index contributed by atoms with van der Waals surface area (Å²) in [5.74, 6) is 0. The van der Waals surface area contributed by atoms with Gasteiger partial charge in [-0.3, -0.25) is 0 Å². The van der Waals surface area contributed by atoms with Crippen LogP contribution in [0.2, 0.25) is 0 Å². The molecule has 1 heterocycles. The van der Waals surface area contributed by atoms with Gasteiger partial charge in [0.15, 0.2) is 0 Å². The quantitative estimate of drug-likeness (QED) is 0.568. The fourth-order valence-corrected chi connectivity index (χ4v) is 1.19. The largest absolute Gasteiger partial charge is 0.394 e. The van der Waals surface area contributed by atoms with Crippen molar-refractivity contribution in [3.63, 3.8) is 0 Å². The highest BCUT2D eigenvalue weighted by molar-refractivity contribution is 4.79. The fourth-order valence-electron chi connectivity index (χ4n) is 1.19. The molecular formula is C7H14O2. The van der Waals surface area contributed by atoms with Crippen LogP contribution >= 0.6 is 0 Å². The third-order valence-corrected chi connectivity index (χ3v) is 1.69. The Labute approximate surface area is 55.8 Å². The van der Waals surface area contributed by atoms with Crippen LogP contribution in [-0.4, -0.2) is 24.4 Å². The van der Waals surface area contributed by atoms with Gasteiger partial charge in [-0.05, 0) is 11.8 Å². The number of aliphatic hydroxyl groups is 1. The molecule has 0 aliphatic carbocycles. The van der Waals surface area contributed by atoms with Crippen LogP contribution in [0, 0.1) is 5.41 Å². The van der Waals surface area contributed by atoms with E-state index in [9.17, 15) is 0 Å². The highest BCUT2D eigenvalue weighted by Gasteiger charge is 2.30. The summed E-state index contributed by atoms with van der Waals surface area (Å²) < 4.78 is 5.27. The molecule has 1 atom stereocenters. The molecule has 1 saturated heterocycles. The van der Waals surface area contributed by atoms with Crippen molar-refractivity contribution in [2.24, 2.45) is 5.41 Å². The van der Waals surface area contributed by atoms with E-state index in [1.807, 2.05) is 0 Å². The summed E-state index contributed by atoms with van der Waals surface area (Å²) in [7, 11) is 0. The molecule has 0 aromatic carbocycles. The Morgan fingerprint density at radius 3 is 2.56 bits per heavy atom. The second kappa shape index (κ2) is 2.27. The number of ether oxygens (including phenoxy) is 1. The van der Waals surface area contributed by atoms with Gasteiger partial charge in [-0.1, -0.05) is 13.8 Å². The topological polar surface area (TPSA) is 29.5 Å². The number of hydrogen-bond acceptors (Lipinski definition) is 2. The lowest BCUT2D eigenvalue weighted by Crippen LogP contribution is -2.12. The molecule has 0 amide bonds. The van der Waals surface area contributed by atoms with Gasteiger partial charge in [0.1, 0.15) is 0 Å². The van der Waals surface area contributed by atoms with Crippen LogP contribution in [0.15, 0.2) is 0 Å². The minimum Gasteiger partial charge on any atom is -0.394 e. The van der Waals surface area contributed by atoms with Gasteiger partial charge in [-0.2, -0.15) is 0 Å². The molecule has 54 valence electrons. The summed E-state index contributed by atoms with van der Waals surface area (Å²) in [6.07, 6.45) is 1.09. The van der Waals surface area contributed by atoms with E-state index in [0.29, 0.717) is 0 Å². The molecule has 1 aliphatic rings. The lowest BCUT2D eigenvalue weighted by Gasteiger charge is -2.12. The third-order valence-electron chi connectivity index (χ3n) is 1.69. The Balaban J connectivity index is 2.38. The van der Waals surface area contributed by atoms with E-state index in [4.69, 9.17) is 9.84 Å². The van der Waals surface area contributed by atoms with Crippen molar-refractivity contribution >= 4 is 0 Å². The lowest BCUT2D eigenvalue weighted by molar-refractivity contribution is 0.0546. The molecule has 2 nitrogen and oxygen atoms in total. The van der Waals surface area contributed by atoms with Gasteiger partial charge in [-0.25, -0.2) is 0 Å². The van der Waals surface area contributed by atoms with Crippen LogP contribution in [-0.2, 0) is 4.74 Å². The highest BCUT2D eigenvalue weighted by atomic mass is 16.5. The predicted octanol–water partition coefficient (Wildman–Crippen LogP) is 0.794. The van der Waals surface area contributed by atoms with Gasteiger partial charge in [-0.15, -0.1) is 0 Å². The molecule has 0 spiro atoms. The number of rotatable bonds is 1. The summed E-state index contributed by atoms with van der Waals surface area (Å²) in [5.41, 5.74) is 0.285. The van der Waals surface area contributed by atoms with Crippen molar-refractivity contribution < 1.29 is 9.84 Å². The van der Waals surface area contributed by atoms with E-state index in [1.165, 1.54) is 0 Å². The normalized spacial score (nSPS) is 33.0. The van der Waals surface area contributed by atoms with E-state index in [2.05, 4.69) is 13.8 Å². The molecule has 0 aromatic heterocycles. The maximum Gasteiger partial charge on any atom is 0.0811 e. The van der Waals surface area contributed by atoms with Crippen LogP contribution in [0.25, 0.3) is 0 Å². The Morgan fingerprint density at radius 1 is 1.67 bits per heavy atom. The smallest absolute Gasteiger partial charge is 0.0811 e. The Kier molecular flexibility index (Phi) is 1.78. The molecule has 1 unspecified atom stereocenters. The first-order valence-corrected chi connectivity index (χ1v) is 3.36. The number of aliphatic hydroxyl groups excluding tert-OH is 1. The summed E-state index contributed by atoms with van der Waals surface area (Å²) in [5, 5.41) is 8.67. The zero-order valence-corrected chi connectivity index (χ0v) is 6.05. The van der Waals surface area contributed by atoms with Crippen molar-refractivity contribution in [3.8, 4) is 0 Å². The average Bonchev–Trinajstić information content (AvgIpc) is 2.10. The van der Waals surface area contributed by atoms with E-state index >= 15 is 0 Å². The SMILES string of the molecule is CC1(C)COC(CO)C1. The van der Waals surface area contributed by atoms with E-state index in [-0.39, 0.29) is 18.1 Å². The first kappa shape index (κ1) is 7.03. The van der Waals surface area contributed by atoms with Crippen LogP contribution in [0.3, 0.4) is 0 Å². The molecule has 1 rings (SSSR count). The molecule has 1 fully saturated rings. The summed E-state index contributed by atoms with van der Waals surface area (Å²) in [4.78, 5) is 0. The van der Waals surface area contributed by atoms with Crippen molar-refractivity contribution in [1.29, 1.82) is 0 Å². The zero-order chi connectivity index (χ0) is 6.91. The third kappa shape index (κ3) is 1.66. The van der Waals surface area contributed by atoms with Gasteiger partial charge in [0.05, 0.1) is 19.3 Å². The van der Waals surface area contributed by atoms with Gasteiger partial charge >= 0.3 is 0 Å². The summed E-state index contributed by atoms with van der Waals surface area (Å²) in [6, 6.07) is 0. The van der Waals surface area contributed by atoms with Gasteiger partial charge in [0.25, 0.3) is 0 Å². The fraction of sp³-hybridized carbons (Fsp3) is 1.00. The first-order chi connectivity index (χ1) is 4.14. The lowest BCUT2D eigenvalue weighted by atomic mass is 9.91. The predicted molar refractivity (Wildman–Crippen MR) is 35.2 cm³/mol. The van der Waals surface area contributed by atoms with E-state index in [1.54, 1.807) is 0 Å². The summed E-state index contributed by atoms with van der Waals surface area (Å²) in [6.45, 7) is 5.27. The molecule has 1 N–H and O–H groups in total. The van der Waals surface area contributed by atoms with Gasteiger partial charge in [0.2, 0.25) is 0 Å². The zero-order valence-electron chi connectivity index (χ0n) is 6.05. The molecule has 0 aromatic rings. The molecule has 0 saturated carbocycles. The maximum atomic E-state index is 8.67. The number of hydrogen-bond donors (Lipinski definition) is 1. The van der Waals surface area contributed by atoms with E-state index < -0.39 is 0 Å².